The number of carbonyl (C=O) groups excluding carboxylic acids is 1. The quantitative estimate of drug-likeness (QED) is 0.233. The number of benzene rings is 3. The van der Waals surface area contributed by atoms with Crippen molar-refractivity contribution in [2.75, 3.05) is 42.8 Å². The van der Waals surface area contributed by atoms with E-state index in [2.05, 4.69) is 77.9 Å². The topological polar surface area (TPSA) is 64.6 Å². The maximum atomic E-state index is 12.5. The highest BCUT2D eigenvalue weighted by Crippen LogP contribution is 2.40. The van der Waals surface area contributed by atoms with E-state index in [4.69, 9.17) is 11.6 Å². The van der Waals surface area contributed by atoms with Crippen molar-refractivity contribution in [2.45, 2.75) is 32.4 Å². The van der Waals surface area contributed by atoms with Crippen molar-refractivity contribution in [1.82, 2.24) is 4.90 Å². The molecule has 3 N–H and O–H groups in total. The van der Waals surface area contributed by atoms with Crippen LogP contribution in [0, 0.1) is 19.3 Å². The minimum Gasteiger partial charge on any atom is -0.396 e. The number of hydrogen-bond acceptors (Lipinski definition) is 5. The monoisotopic (exact) mass is 505 g/mol. The van der Waals surface area contributed by atoms with Crippen LogP contribution >= 0.6 is 11.6 Å². The fourth-order valence-corrected chi connectivity index (χ4v) is 5.13. The summed E-state index contributed by atoms with van der Waals surface area (Å²) in [6.45, 7) is 6.27. The number of aliphatic hydroxyl groups excluding tert-OH is 1. The normalized spacial score (nSPS) is 16.6. The number of likely N-dealkylation sites (tertiary alicyclic amines) is 1. The van der Waals surface area contributed by atoms with Crippen molar-refractivity contribution in [3.63, 3.8) is 0 Å². The first-order valence-electron chi connectivity index (χ1n) is 12.5. The van der Waals surface area contributed by atoms with Gasteiger partial charge in [-0.25, -0.2) is 0 Å². The molecular formula is C30H36ClN3O2. The lowest BCUT2D eigenvalue weighted by Crippen LogP contribution is -2.62. The number of anilines is 2. The van der Waals surface area contributed by atoms with Gasteiger partial charge in [0.25, 0.3) is 0 Å². The zero-order valence-electron chi connectivity index (χ0n) is 21.1. The second-order valence-electron chi connectivity index (χ2n) is 10.1. The SMILES string of the molecule is Cc1ccc(CCNc2ccccc2N[C@H](C=O)C(c2ccc(C)cc2)N2CC(CO)(CCl)C2)cc1. The van der Waals surface area contributed by atoms with Crippen LogP contribution in [0.25, 0.3) is 0 Å². The summed E-state index contributed by atoms with van der Waals surface area (Å²) in [5.74, 6) is 0.396. The van der Waals surface area contributed by atoms with E-state index in [-0.39, 0.29) is 18.1 Å². The molecule has 0 spiro atoms. The van der Waals surface area contributed by atoms with Gasteiger partial charge in [0.15, 0.2) is 0 Å². The van der Waals surface area contributed by atoms with E-state index in [1.54, 1.807) is 0 Å². The highest BCUT2D eigenvalue weighted by molar-refractivity contribution is 6.18. The number of carbonyl (C=O) groups is 1. The molecule has 1 saturated heterocycles. The number of aliphatic hydroxyl groups is 1. The number of hydrogen-bond donors (Lipinski definition) is 3. The molecule has 0 bridgehead atoms. The molecule has 6 heteroatoms. The van der Waals surface area contributed by atoms with Gasteiger partial charge in [-0.3, -0.25) is 4.90 Å². The number of rotatable bonds is 12. The van der Waals surface area contributed by atoms with Crippen molar-refractivity contribution in [3.8, 4) is 0 Å². The van der Waals surface area contributed by atoms with Crippen LogP contribution in [0.3, 0.4) is 0 Å². The Balaban J connectivity index is 1.51. The molecule has 2 atom stereocenters. The summed E-state index contributed by atoms with van der Waals surface area (Å²) in [5.41, 5.74) is 6.33. The van der Waals surface area contributed by atoms with Crippen LogP contribution in [-0.2, 0) is 11.2 Å². The third-order valence-electron chi connectivity index (χ3n) is 7.09. The minimum atomic E-state index is -0.472. The van der Waals surface area contributed by atoms with Crippen molar-refractivity contribution in [1.29, 1.82) is 0 Å². The number of aldehydes is 1. The van der Waals surface area contributed by atoms with Crippen molar-refractivity contribution < 1.29 is 9.90 Å². The molecule has 1 heterocycles. The molecule has 3 aromatic rings. The summed E-state index contributed by atoms with van der Waals surface area (Å²) in [6.07, 6.45) is 1.90. The third-order valence-corrected chi connectivity index (χ3v) is 7.66. The molecule has 0 radical (unpaired) electrons. The highest BCUT2D eigenvalue weighted by Gasteiger charge is 2.46. The van der Waals surface area contributed by atoms with E-state index in [9.17, 15) is 9.90 Å². The Hall–Kier alpha value is -2.86. The van der Waals surface area contributed by atoms with Gasteiger partial charge in [-0.1, -0.05) is 71.8 Å². The molecule has 5 nitrogen and oxygen atoms in total. The van der Waals surface area contributed by atoms with Crippen LogP contribution in [0.2, 0.25) is 0 Å². The summed E-state index contributed by atoms with van der Waals surface area (Å²) in [4.78, 5) is 14.7. The molecule has 4 rings (SSSR count). The number of aryl methyl sites for hydroxylation is 2. The standard InChI is InChI=1S/C30H36ClN3O2/c1-22-7-11-24(12-8-22)15-16-32-26-5-3-4-6-27(26)33-28(17-35)29(25-13-9-23(2)10-14-25)34-19-30(18-31,20-34)21-36/h3-14,17,28-29,32-33,36H,15-16,18-21H2,1-2H3/t28-,29?/m1/s1. The average Bonchev–Trinajstić information content (AvgIpc) is 2.88. The Kier molecular flexibility index (Phi) is 8.68. The molecule has 0 aliphatic carbocycles. The summed E-state index contributed by atoms with van der Waals surface area (Å²) in [6, 6.07) is 24.3. The van der Waals surface area contributed by atoms with Crippen molar-refractivity contribution in [2.24, 2.45) is 5.41 Å². The first kappa shape index (κ1) is 26.2. The molecule has 1 aliphatic heterocycles. The largest absolute Gasteiger partial charge is 0.396 e. The second-order valence-corrected chi connectivity index (χ2v) is 10.3. The molecule has 0 aromatic heterocycles. The summed E-state index contributed by atoms with van der Waals surface area (Å²) < 4.78 is 0. The lowest BCUT2D eigenvalue weighted by Gasteiger charge is -2.53. The van der Waals surface area contributed by atoms with Crippen LogP contribution in [0.15, 0.2) is 72.8 Å². The first-order chi connectivity index (χ1) is 17.5. The Morgan fingerprint density at radius 3 is 2.17 bits per heavy atom. The predicted molar refractivity (Wildman–Crippen MR) is 149 cm³/mol. The van der Waals surface area contributed by atoms with Gasteiger partial charge in [0.2, 0.25) is 0 Å². The Bertz CT molecular complexity index is 1120. The van der Waals surface area contributed by atoms with Crippen LogP contribution in [0.1, 0.15) is 28.3 Å². The molecule has 0 amide bonds. The Morgan fingerprint density at radius 2 is 1.58 bits per heavy atom. The van der Waals surface area contributed by atoms with E-state index >= 15 is 0 Å². The van der Waals surface area contributed by atoms with Gasteiger partial charge in [-0.2, -0.15) is 0 Å². The molecule has 36 heavy (non-hydrogen) atoms. The van der Waals surface area contributed by atoms with Gasteiger partial charge >= 0.3 is 0 Å². The molecule has 3 aromatic carbocycles. The average molecular weight is 506 g/mol. The van der Waals surface area contributed by atoms with Crippen molar-refractivity contribution >= 4 is 29.3 Å². The molecule has 1 unspecified atom stereocenters. The molecule has 190 valence electrons. The number of nitrogens with zero attached hydrogens (tertiary/aromatic N) is 1. The van der Waals surface area contributed by atoms with Gasteiger partial charge in [0.05, 0.1) is 24.0 Å². The number of halogens is 1. The van der Waals surface area contributed by atoms with E-state index in [1.165, 1.54) is 16.7 Å². The van der Waals surface area contributed by atoms with Crippen LogP contribution < -0.4 is 10.6 Å². The van der Waals surface area contributed by atoms with E-state index in [0.29, 0.717) is 19.0 Å². The second kappa shape index (κ2) is 11.9. The molecular weight excluding hydrogens is 470 g/mol. The Labute approximate surface area is 219 Å². The fourth-order valence-electron chi connectivity index (χ4n) is 4.87. The fraction of sp³-hybridized carbons (Fsp3) is 0.367. The van der Waals surface area contributed by atoms with Gasteiger partial charge in [-0.05, 0) is 43.5 Å². The lowest BCUT2D eigenvalue weighted by atomic mass is 9.79. The van der Waals surface area contributed by atoms with Gasteiger partial charge in [0.1, 0.15) is 12.3 Å². The minimum absolute atomic E-state index is 0.0422. The van der Waals surface area contributed by atoms with Gasteiger partial charge < -0.3 is 20.5 Å². The summed E-state index contributed by atoms with van der Waals surface area (Å²) in [5, 5.41) is 16.9. The van der Waals surface area contributed by atoms with Crippen LogP contribution in [0.5, 0.6) is 0 Å². The number of para-hydroxylation sites is 2. The summed E-state index contributed by atoms with van der Waals surface area (Å²) >= 11 is 6.18. The van der Waals surface area contributed by atoms with E-state index in [0.717, 1.165) is 36.2 Å². The highest BCUT2D eigenvalue weighted by atomic mass is 35.5. The van der Waals surface area contributed by atoms with Crippen LogP contribution in [0.4, 0.5) is 11.4 Å². The third kappa shape index (κ3) is 6.09. The van der Waals surface area contributed by atoms with E-state index < -0.39 is 6.04 Å². The molecule has 1 fully saturated rings. The maximum absolute atomic E-state index is 12.5. The number of alkyl halides is 1. The first-order valence-corrected chi connectivity index (χ1v) is 13.1. The van der Waals surface area contributed by atoms with Gasteiger partial charge in [-0.15, -0.1) is 11.6 Å². The van der Waals surface area contributed by atoms with Crippen LogP contribution in [-0.4, -0.2) is 54.5 Å². The van der Waals surface area contributed by atoms with E-state index in [1.807, 2.05) is 24.3 Å². The smallest absolute Gasteiger partial charge is 0.144 e. The maximum Gasteiger partial charge on any atom is 0.144 e. The molecule has 0 saturated carbocycles. The molecule has 1 aliphatic rings. The lowest BCUT2D eigenvalue weighted by molar-refractivity contribution is -0.112. The summed E-state index contributed by atoms with van der Waals surface area (Å²) in [7, 11) is 0. The zero-order chi connectivity index (χ0) is 25.5. The predicted octanol–water partition coefficient (Wildman–Crippen LogP) is 5.21. The zero-order valence-corrected chi connectivity index (χ0v) is 21.8. The number of nitrogens with one attached hydrogen (secondary N) is 2. The van der Waals surface area contributed by atoms with Gasteiger partial charge in [0, 0.05) is 30.9 Å². The van der Waals surface area contributed by atoms with Crippen molar-refractivity contribution in [3.05, 3.63) is 95.1 Å². The Morgan fingerprint density at radius 1 is 0.972 bits per heavy atom.